The highest BCUT2D eigenvalue weighted by Gasteiger charge is 2.29. The molecule has 0 spiro atoms. The van der Waals surface area contributed by atoms with Gasteiger partial charge in [0.2, 0.25) is 10.0 Å². The molecule has 1 aromatic heterocycles. The van der Waals surface area contributed by atoms with E-state index in [1.165, 1.54) is 23.7 Å². The Labute approximate surface area is 153 Å². The first-order chi connectivity index (χ1) is 12.5. The molecule has 7 nitrogen and oxygen atoms in total. The summed E-state index contributed by atoms with van der Waals surface area (Å²) in [5.74, 6) is -0.150. The number of anilines is 1. The monoisotopic (exact) mass is 375 g/mol. The Hall–Kier alpha value is -2.45. The first-order valence-electron chi connectivity index (χ1n) is 8.43. The Morgan fingerprint density at radius 1 is 1.15 bits per heavy atom. The molecule has 0 bridgehead atoms. The lowest BCUT2D eigenvalue weighted by Crippen LogP contribution is -2.35. The maximum absolute atomic E-state index is 13.0. The second-order valence-corrected chi connectivity index (χ2v) is 7.91. The van der Waals surface area contributed by atoms with Crippen LogP contribution < -0.4 is 10.1 Å². The van der Waals surface area contributed by atoms with Crippen LogP contribution in [0.25, 0.3) is 0 Å². The zero-order valence-corrected chi connectivity index (χ0v) is 15.3. The van der Waals surface area contributed by atoms with E-state index in [0.29, 0.717) is 18.8 Å². The van der Waals surface area contributed by atoms with Gasteiger partial charge in [-0.3, -0.25) is 9.78 Å². The van der Waals surface area contributed by atoms with Gasteiger partial charge >= 0.3 is 0 Å². The topological polar surface area (TPSA) is 88.6 Å². The average Bonchev–Trinajstić information content (AvgIpc) is 2.69. The van der Waals surface area contributed by atoms with Crippen molar-refractivity contribution in [3.63, 3.8) is 0 Å². The van der Waals surface area contributed by atoms with Gasteiger partial charge in [0.25, 0.3) is 5.91 Å². The van der Waals surface area contributed by atoms with Gasteiger partial charge in [-0.2, -0.15) is 4.31 Å². The maximum atomic E-state index is 13.0. The number of piperidine rings is 1. The molecule has 2 aromatic rings. The van der Waals surface area contributed by atoms with Gasteiger partial charge in [0, 0.05) is 25.0 Å². The lowest BCUT2D eigenvalue weighted by atomic mass is 10.2. The van der Waals surface area contributed by atoms with Crippen LogP contribution in [0, 0.1) is 0 Å². The number of hydrogen-bond donors (Lipinski definition) is 1. The number of pyridine rings is 1. The normalized spacial score (nSPS) is 15.4. The van der Waals surface area contributed by atoms with Crippen LogP contribution >= 0.6 is 0 Å². The van der Waals surface area contributed by atoms with Crippen molar-refractivity contribution in [1.29, 1.82) is 0 Å². The predicted molar refractivity (Wildman–Crippen MR) is 97.8 cm³/mol. The highest BCUT2D eigenvalue weighted by atomic mass is 32.2. The molecule has 8 heteroatoms. The van der Waals surface area contributed by atoms with Crippen LogP contribution in [-0.4, -0.2) is 43.8 Å². The van der Waals surface area contributed by atoms with Gasteiger partial charge in [-0.25, -0.2) is 8.42 Å². The first kappa shape index (κ1) is 18.3. The van der Waals surface area contributed by atoms with E-state index in [-0.39, 0.29) is 16.3 Å². The van der Waals surface area contributed by atoms with Gasteiger partial charge in [0.15, 0.2) is 0 Å². The predicted octanol–water partition coefficient (Wildman–Crippen LogP) is 2.52. The van der Waals surface area contributed by atoms with E-state index < -0.39 is 15.9 Å². The number of rotatable bonds is 5. The molecular weight excluding hydrogens is 354 g/mol. The van der Waals surface area contributed by atoms with Crippen LogP contribution in [0.3, 0.4) is 0 Å². The highest BCUT2D eigenvalue weighted by molar-refractivity contribution is 7.89. The molecule has 1 saturated heterocycles. The second-order valence-electron chi connectivity index (χ2n) is 6.00. The Morgan fingerprint density at radius 3 is 2.58 bits per heavy atom. The van der Waals surface area contributed by atoms with Crippen molar-refractivity contribution in [2.75, 3.05) is 25.5 Å². The lowest BCUT2D eigenvalue weighted by molar-refractivity contribution is 0.102. The molecule has 0 atom stereocenters. The summed E-state index contributed by atoms with van der Waals surface area (Å²) in [4.78, 5) is 16.3. The van der Waals surface area contributed by atoms with Crippen LogP contribution in [0.4, 0.5) is 5.69 Å². The lowest BCUT2D eigenvalue weighted by Gasteiger charge is -2.26. The van der Waals surface area contributed by atoms with E-state index in [1.54, 1.807) is 30.3 Å². The number of hydrogen-bond acceptors (Lipinski definition) is 5. The molecule has 0 unspecified atom stereocenters. The number of amides is 1. The molecule has 1 aromatic carbocycles. The zero-order chi connectivity index (χ0) is 18.6. The highest BCUT2D eigenvalue weighted by Crippen LogP contribution is 2.31. The van der Waals surface area contributed by atoms with Crippen molar-refractivity contribution in [3.05, 3.63) is 48.3 Å². The summed E-state index contributed by atoms with van der Waals surface area (Å²) in [6, 6.07) is 9.60. The number of methoxy groups -OCH3 is 1. The minimum Gasteiger partial charge on any atom is -0.495 e. The summed E-state index contributed by atoms with van der Waals surface area (Å²) in [7, 11) is -2.26. The second kappa shape index (κ2) is 7.84. The molecule has 3 rings (SSSR count). The Morgan fingerprint density at radius 2 is 1.92 bits per heavy atom. The summed E-state index contributed by atoms with van der Waals surface area (Å²) in [5.41, 5.74) is 0.626. The standard InChI is InChI=1S/C18H21N3O4S/c1-25-16-9-8-14(20-18(22)15-7-3-4-10-19-15)13-17(16)26(23,24)21-11-5-2-6-12-21/h3-4,7-10,13H,2,5-6,11-12H2,1H3,(H,20,22). The molecule has 0 aliphatic carbocycles. The minimum atomic E-state index is -3.69. The smallest absolute Gasteiger partial charge is 0.274 e. The van der Waals surface area contributed by atoms with Crippen molar-refractivity contribution in [2.24, 2.45) is 0 Å². The van der Waals surface area contributed by atoms with Crippen LogP contribution in [-0.2, 0) is 10.0 Å². The number of benzene rings is 1. The van der Waals surface area contributed by atoms with E-state index in [0.717, 1.165) is 19.3 Å². The molecule has 2 heterocycles. The fraction of sp³-hybridized carbons (Fsp3) is 0.333. The third-order valence-corrected chi connectivity index (χ3v) is 6.17. The molecule has 0 saturated carbocycles. The van der Waals surface area contributed by atoms with E-state index in [4.69, 9.17) is 4.74 Å². The number of sulfonamides is 1. The quantitative estimate of drug-likeness (QED) is 0.867. The molecule has 1 amide bonds. The Kier molecular flexibility index (Phi) is 5.53. The van der Waals surface area contributed by atoms with Crippen molar-refractivity contribution in [3.8, 4) is 5.75 Å². The fourth-order valence-corrected chi connectivity index (χ4v) is 4.59. The summed E-state index contributed by atoms with van der Waals surface area (Å²) >= 11 is 0. The van der Waals surface area contributed by atoms with Crippen molar-refractivity contribution in [1.82, 2.24) is 9.29 Å². The third kappa shape index (κ3) is 3.86. The maximum Gasteiger partial charge on any atom is 0.274 e. The van der Waals surface area contributed by atoms with Gasteiger partial charge in [-0.1, -0.05) is 12.5 Å². The molecule has 138 valence electrons. The number of nitrogens with one attached hydrogen (secondary N) is 1. The first-order valence-corrected chi connectivity index (χ1v) is 9.87. The molecule has 1 aliphatic rings. The van der Waals surface area contributed by atoms with Crippen LogP contribution in [0.15, 0.2) is 47.5 Å². The molecule has 26 heavy (non-hydrogen) atoms. The minimum absolute atomic E-state index is 0.0562. The summed E-state index contributed by atoms with van der Waals surface area (Å²) < 4.78 is 32.7. The molecule has 0 radical (unpaired) electrons. The molecule has 1 aliphatic heterocycles. The molecular formula is C18H21N3O4S. The third-order valence-electron chi connectivity index (χ3n) is 4.25. The van der Waals surface area contributed by atoms with Crippen LogP contribution in [0.5, 0.6) is 5.75 Å². The number of carbonyl (C=O) groups is 1. The van der Waals surface area contributed by atoms with E-state index in [1.807, 2.05) is 0 Å². The Bertz CT molecular complexity index is 879. The number of carbonyl (C=O) groups excluding carboxylic acids is 1. The summed E-state index contributed by atoms with van der Waals surface area (Å²) in [5, 5.41) is 2.68. The largest absolute Gasteiger partial charge is 0.495 e. The number of ether oxygens (including phenoxy) is 1. The molecule has 1 N–H and O–H groups in total. The van der Waals surface area contributed by atoms with Gasteiger partial charge in [0.1, 0.15) is 16.3 Å². The fourth-order valence-electron chi connectivity index (χ4n) is 2.89. The Balaban J connectivity index is 1.90. The van der Waals surface area contributed by atoms with Gasteiger partial charge < -0.3 is 10.1 Å². The summed E-state index contributed by atoms with van der Waals surface area (Å²) in [6.45, 7) is 0.992. The summed E-state index contributed by atoms with van der Waals surface area (Å²) in [6.07, 6.45) is 4.24. The van der Waals surface area contributed by atoms with E-state index >= 15 is 0 Å². The van der Waals surface area contributed by atoms with E-state index in [9.17, 15) is 13.2 Å². The van der Waals surface area contributed by atoms with Crippen molar-refractivity contribution >= 4 is 21.6 Å². The molecule has 1 fully saturated rings. The van der Waals surface area contributed by atoms with Gasteiger partial charge in [0.05, 0.1) is 7.11 Å². The zero-order valence-electron chi connectivity index (χ0n) is 14.5. The van der Waals surface area contributed by atoms with Crippen molar-refractivity contribution < 1.29 is 17.9 Å². The van der Waals surface area contributed by atoms with Crippen LogP contribution in [0.2, 0.25) is 0 Å². The van der Waals surface area contributed by atoms with Gasteiger partial charge in [-0.05, 0) is 43.2 Å². The van der Waals surface area contributed by atoms with E-state index in [2.05, 4.69) is 10.3 Å². The van der Waals surface area contributed by atoms with Crippen molar-refractivity contribution in [2.45, 2.75) is 24.2 Å². The average molecular weight is 375 g/mol. The van der Waals surface area contributed by atoms with Gasteiger partial charge in [-0.15, -0.1) is 0 Å². The SMILES string of the molecule is COc1ccc(NC(=O)c2ccccn2)cc1S(=O)(=O)N1CCCCC1. The van der Waals surface area contributed by atoms with Crippen LogP contribution in [0.1, 0.15) is 29.8 Å². The number of aromatic nitrogens is 1. The number of nitrogens with zero attached hydrogens (tertiary/aromatic N) is 2.